The van der Waals surface area contributed by atoms with Gasteiger partial charge in [0.2, 0.25) is 5.91 Å². The van der Waals surface area contributed by atoms with Crippen molar-refractivity contribution >= 4 is 11.8 Å². The molecule has 18 heavy (non-hydrogen) atoms. The van der Waals surface area contributed by atoms with E-state index in [4.69, 9.17) is 9.47 Å². The van der Waals surface area contributed by atoms with Crippen molar-refractivity contribution in [3.05, 3.63) is 0 Å². The summed E-state index contributed by atoms with van der Waals surface area (Å²) in [6, 6.07) is -0.546. The van der Waals surface area contributed by atoms with Crippen LogP contribution in [-0.2, 0) is 19.1 Å². The van der Waals surface area contributed by atoms with E-state index < -0.39 is 12.1 Å². The van der Waals surface area contributed by atoms with Gasteiger partial charge in [0.15, 0.2) is 0 Å². The third kappa shape index (κ3) is 3.68. The molecule has 1 aliphatic rings. The quantitative estimate of drug-likeness (QED) is 0.740. The van der Waals surface area contributed by atoms with Crippen molar-refractivity contribution in [3.8, 4) is 0 Å². The van der Waals surface area contributed by atoms with Gasteiger partial charge in [0, 0.05) is 20.2 Å². The van der Waals surface area contributed by atoms with Crippen LogP contribution < -0.4 is 5.32 Å². The zero-order chi connectivity index (χ0) is 13.5. The largest absolute Gasteiger partial charge is 0.377 e. The maximum Gasteiger partial charge on any atom is 0.252 e. The number of carbonyl (C=O) groups is 2. The lowest BCUT2D eigenvalue weighted by molar-refractivity contribution is -0.155. The molecule has 104 valence electrons. The number of hydrogen-bond acceptors (Lipinski definition) is 4. The molecule has 1 rings (SSSR count). The topological polar surface area (TPSA) is 67.9 Å². The summed E-state index contributed by atoms with van der Waals surface area (Å²) in [5.74, 6) is -0.328. The van der Waals surface area contributed by atoms with Gasteiger partial charge in [-0.3, -0.25) is 9.59 Å². The second-order valence-electron chi connectivity index (χ2n) is 4.29. The van der Waals surface area contributed by atoms with E-state index in [1.165, 1.54) is 7.11 Å². The highest BCUT2D eigenvalue weighted by Gasteiger charge is 2.34. The Labute approximate surface area is 108 Å². The molecular weight excluding hydrogens is 236 g/mol. The van der Waals surface area contributed by atoms with Crippen LogP contribution >= 0.6 is 0 Å². The second kappa shape index (κ2) is 7.33. The Morgan fingerprint density at radius 1 is 1.56 bits per heavy atom. The Morgan fingerprint density at radius 2 is 2.28 bits per heavy atom. The molecule has 1 heterocycles. The van der Waals surface area contributed by atoms with Gasteiger partial charge in [-0.15, -0.1) is 0 Å². The normalized spacial score (nSPS) is 21.5. The van der Waals surface area contributed by atoms with E-state index in [0.29, 0.717) is 19.7 Å². The van der Waals surface area contributed by atoms with Crippen molar-refractivity contribution in [1.29, 1.82) is 0 Å². The van der Waals surface area contributed by atoms with Gasteiger partial charge in [-0.1, -0.05) is 6.92 Å². The summed E-state index contributed by atoms with van der Waals surface area (Å²) in [5, 5.41) is 2.79. The fourth-order valence-electron chi connectivity index (χ4n) is 1.79. The maximum absolute atomic E-state index is 12.1. The van der Waals surface area contributed by atoms with Crippen LogP contribution in [0.2, 0.25) is 0 Å². The molecule has 0 aromatic rings. The molecule has 2 unspecified atom stereocenters. The average molecular weight is 258 g/mol. The van der Waals surface area contributed by atoms with Gasteiger partial charge in [-0.05, 0) is 13.3 Å². The van der Waals surface area contributed by atoms with Crippen LogP contribution in [0, 0.1) is 0 Å². The number of carbonyl (C=O) groups excluding carboxylic acids is 2. The first-order valence-corrected chi connectivity index (χ1v) is 6.30. The van der Waals surface area contributed by atoms with Gasteiger partial charge in [-0.2, -0.15) is 0 Å². The number of nitrogens with one attached hydrogen (secondary N) is 1. The van der Waals surface area contributed by atoms with Crippen LogP contribution in [0.25, 0.3) is 0 Å². The van der Waals surface area contributed by atoms with Gasteiger partial charge < -0.3 is 19.7 Å². The summed E-state index contributed by atoms with van der Waals surface area (Å²) in [6.07, 6.45) is 0.325. The summed E-state index contributed by atoms with van der Waals surface area (Å²) in [6.45, 7) is 5.40. The lowest BCUT2D eigenvalue weighted by Crippen LogP contribution is -2.58. The van der Waals surface area contributed by atoms with Crippen molar-refractivity contribution in [2.24, 2.45) is 0 Å². The standard InChI is InChI=1S/C12H22N2O4/c1-4-5-13-11(15)10-8-18-7-6-14(10)12(16)9(2)17-3/h9-10H,4-8H2,1-3H3,(H,13,15). The Bertz CT molecular complexity index is 296. The molecule has 2 atom stereocenters. The SMILES string of the molecule is CCCNC(=O)C1COCCN1C(=O)C(C)OC. The van der Waals surface area contributed by atoms with Crippen molar-refractivity contribution in [2.75, 3.05) is 33.4 Å². The average Bonchev–Trinajstić information content (AvgIpc) is 2.43. The second-order valence-corrected chi connectivity index (χ2v) is 4.29. The first-order chi connectivity index (χ1) is 8.61. The maximum atomic E-state index is 12.1. The van der Waals surface area contributed by atoms with Crippen molar-refractivity contribution < 1.29 is 19.1 Å². The Hall–Kier alpha value is -1.14. The third-order valence-corrected chi connectivity index (χ3v) is 2.96. The summed E-state index contributed by atoms with van der Waals surface area (Å²) in [4.78, 5) is 25.6. The van der Waals surface area contributed by atoms with Crippen LogP contribution in [0.1, 0.15) is 20.3 Å². The molecule has 0 spiro atoms. The fourth-order valence-corrected chi connectivity index (χ4v) is 1.79. The lowest BCUT2D eigenvalue weighted by atomic mass is 10.2. The summed E-state index contributed by atoms with van der Waals surface area (Å²) in [5.41, 5.74) is 0. The highest BCUT2D eigenvalue weighted by atomic mass is 16.5. The summed E-state index contributed by atoms with van der Waals surface area (Å²) in [7, 11) is 1.48. The van der Waals surface area contributed by atoms with E-state index >= 15 is 0 Å². The van der Waals surface area contributed by atoms with Gasteiger partial charge in [0.05, 0.1) is 13.2 Å². The molecule has 2 amide bonds. The number of nitrogens with zero attached hydrogens (tertiary/aromatic N) is 1. The Morgan fingerprint density at radius 3 is 2.89 bits per heavy atom. The predicted molar refractivity (Wildman–Crippen MR) is 66.1 cm³/mol. The van der Waals surface area contributed by atoms with Gasteiger partial charge >= 0.3 is 0 Å². The van der Waals surface area contributed by atoms with Crippen LogP contribution in [0.5, 0.6) is 0 Å². The third-order valence-electron chi connectivity index (χ3n) is 2.96. The highest BCUT2D eigenvalue weighted by Crippen LogP contribution is 2.10. The smallest absolute Gasteiger partial charge is 0.252 e. The number of ether oxygens (including phenoxy) is 2. The Kier molecular flexibility index (Phi) is 6.07. The molecule has 0 radical (unpaired) electrons. The molecule has 1 saturated heterocycles. The van der Waals surface area contributed by atoms with Crippen molar-refractivity contribution in [1.82, 2.24) is 10.2 Å². The lowest BCUT2D eigenvalue weighted by Gasteiger charge is -2.35. The van der Waals surface area contributed by atoms with Crippen molar-refractivity contribution in [3.63, 3.8) is 0 Å². The minimum Gasteiger partial charge on any atom is -0.377 e. The van der Waals surface area contributed by atoms with Crippen LogP contribution in [0.3, 0.4) is 0 Å². The zero-order valence-electron chi connectivity index (χ0n) is 11.3. The minimum absolute atomic E-state index is 0.159. The summed E-state index contributed by atoms with van der Waals surface area (Å²) < 4.78 is 10.3. The zero-order valence-corrected chi connectivity index (χ0v) is 11.3. The van der Waals surface area contributed by atoms with Gasteiger partial charge in [-0.25, -0.2) is 0 Å². The van der Waals surface area contributed by atoms with Gasteiger partial charge in [0.25, 0.3) is 5.91 Å². The van der Waals surface area contributed by atoms with E-state index in [0.717, 1.165) is 6.42 Å². The molecule has 1 fully saturated rings. The molecule has 6 nitrogen and oxygen atoms in total. The van der Waals surface area contributed by atoms with Gasteiger partial charge in [0.1, 0.15) is 12.1 Å². The molecule has 0 aromatic heterocycles. The molecule has 0 saturated carbocycles. The van der Waals surface area contributed by atoms with E-state index in [-0.39, 0.29) is 18.4 Å². The molecular formula is C12H22N2O4. The fraction of sp³-hybridized carbons (Fsp3) is 0.833. The molecule has 1 N–H and O–H groups in total. The van der Waals surface area contributed by atoms with Crippen molar-refractivity contribution in [2.45, 2.75) is 32.4 Å². The highest BCUT2D eigenvalue weighted by molar-refractivity contribution is 5.89. The number of amides is 2. The molecule has 0 aromatic carbocycles. The van der Waals surface area contributed by atoms with Crippen LogP contribution in [0.15, 0.2) is 0 Å². The first kappa shape index (κ1) is 14.9. The minimum atomic E-state index is -0.546. The molecule has 0 bridgehead atoms. The number of hydrogen-bond donors (Lipinski definition) is 1. The van der Waals surface area contributed by atoms with E-state index in [2.05, 4.69) is 5.32 Å². The van der Waals surface area contributed by atoms with Crippen LogP contribution in [0.4, 0.5) is 0 Å². The number of rotatable bonds is 5. The van der Waals surface area contributed by atoms with E-state index in [9.17, 15) is 9.59 Å². The van der Waals surface area contributed by atoms with Crippen LogP contribution in [-0.4, -0.2) is 62.3 Å². The van der Waals surface area contributed by atoms with E-state index in [1.807, 2.05) is 6.92 Å². The molecule has 1 aliphatic heterocycles. The van der Waals surface area contributed by atoms with E-state index in [1.54, 1.807) is 11.8 Å². The summed E-state index contributed by atoms with van der Waals surface area (Å²) >= 11 is 0. The number of methoxy groups -OCH3 is 1. The number of morpholine rings is 1. The Balaban J connectivity index is 2.67. The molecule has 0 aliphatic carbocycles. The first-order valence-electron chi connectivity index (χ1n) is 6.30. The molecule has 6 heteroatoms. The monoisotopic (exact) mass is 258 g/mol. The predicted octanol–water partition coefficient (Wildman–Crippen LogP) is -0.225.